The smallest absolute Gasteiger partial charge is 0.292 e. The molecule has 1 unspecified atom stereocenters. The number of unbranched alkanes of at least 4 members (excludes halogenated alkanes) is 7. The summed E-state index contributed by atoms with van der Waals surface area (Å²) in [5.74, 6) is 0.255. The average molecular weight is 353 g/mol. The summed E-state index contributed by atoms with van der Waals surface area (Å²) in [6.45, 7) is 9.38. The Kier molecular flexibility index (Phi) is 17.4. The van der Waals surface area contributed by atoms with Crippen LogP contribution in [-0.4, -0.2) is 30.1 Å². The molecule has 0 saturated heterocycles. The van der Waals surface area contributed by atoms with Crippen LogP contribution in [0.4, 0.5) is 0 Å². The molecule has 0 aromatic rings. The monoisotopic (exact) mass is 352 g/mol. The topological polar surface area (TPSA) is 83.8 Å². The maximum absolute atomic E-state index is 10.9. The van der Waals surface area contributed by atoms with Crippen LogP contribution in [0.3, 0.4) is 0 Å². The Labute approximate surface area is 142 Å². The molecule has 0 rings (SSSR count). The van der Waals surface area contributed by atoms with Crippen molar-refractivity contribution in [3.05, 3.63) is 12.3 Å². The third-order valence-electron chi connectivity index (χ3n) is 3.38. The van der Waals surface area contributed by atoms with Crippen molar-refractivity contribution >= 4 is 10.1 Å². The SMILES string of the molecule is C=C(O)CC.CCCCCCCCCCOC(CC)S(=O)(=O)O. The Bertz CT molecular complexity index is 365. The highest BCUT2D eigenvalue weighted by atomic mass is 32.2. The Morgan fingerprint density at radius 3 is 1.78 bits per heavy atom. The summed E-state index contributed by atoms with van der Waals surface area (Å²) >= 11 is 0. The molecular weight excluding hydrogens is 316 g/mol. The summed E-state index contributed by atoms with van der Waals surface area (Å²) in [6.07, 6.45) is 10.5. The number of ether oxygens (including phenoxy) is 1. The van der Waals surface area contributed by atoms with E-state index in [1.54, 1.807) is 6.92 Å². The zero-order valence-corrected chi connectivity index (χ0v) is 15.9. The second kappa shape index (κ2) is 16.3. The first-order chi connectivity index (χ1) is 10.8. The minimum atomic E-state index is -4.04. The van der Waals surface area contributed by atoms with Gasteiger partial charge in [0.2, 0.25) is 0 Å². The van der Waals surface area contributed by atoms with E-state index in [1.807, 2.05) is 6.92 Å². The maximum atomic E-state index is 10.9. The van der Waals surface area contributed by atoms with E-state index in [0.717, 1.165) is 12.8 Å². The lowest BCUT2D eigenvalue weighted by Gasteiger charge is -2.12. The van der Waals surface area contributed by atoms with Crippen LogP contribution in [0.5, 0.6) is 0 Å². The largest absolute Gasteiger partial charge is 0.513 e. The van der Waals surface area contributed by atoms with Gasteiger partial charge in [0.1, 0.15) is 0 Å². The molecule has 0 heterocycles. The van der Waals surface area contributed by atoms with E-state index in [0.29, 0.717) is 13.0 Å². The molecule has 2 N–H and O–H groups in total. The van der Waals surface area contributed by atoms with Crippen LogP contribution in [0.2, 0.25) is 0 Å². The lowest BCUT2D eigenvalue weighted by molar-refractivity contribution is 0.0930. The molecule has 23 heavy (non-hydrogen) atoms. The van der Waals surface area contributed by atoms with Gasteiger partial charge in [-0.25, -0.2) is 0 Å². The second-order valence-corrected chi connectivity index (χ2v) is 7.17. The standard InChI is InChI=1S/C13H28O4S.C4H8O/c1-3-5-6-7-8-9-10-11-12-17-13(4-2)18(14,15)16;1-3-4(2)5/h13H,3-12H2,1-2H3,(H,14,15,16);5H,2-3H2,1H3. The predicted octanol–water partition coefficient (Wildman–Crippen LogP) is 5.24. The molecule has 0 aliphatic heterocycles. The normalized spacial score (nSPS) is 12.3. The molecule has 5 nitrogen and oxygen atoms in total. The lowest BCUT2D eigenvalue weighted by atomic mass is 10.1. The van der Waals surface area contributed by atoms with Crippen molar-refractivity contribution in [2.45, 2.75) is 90.4 Å². The number of aliphatic hydroxyl groups excluding tert-OH is 1. The molecule has 0 aliphatic carbocycles. The minimum absolute atomic E-state index is 0.255. The van der Waals surface area contributed by atoms with Crippen molar-refractivity contribution < 1.29 is 22.8 Å². The zero-order valence-electron chi connectivity index (χ0n) is 15.1. The van der Waals surface area contributed by atoms with E-state index in [4.69, 9.17) is 14.4 Å². The number of rotatable bonds is 13. The fourth-order valence-corrected chi connectivity index (χ4v) is 2.55. The first-order valence-electron chi connectivity index (χ1n) is 8.74. The van der Waals surface area contributed by atoms with Crippen molar-refractivity contribution in [3.63, 3.8) is 0 Å². The van der Waals surface area contributed by atoms with E-state index in [2.05, 4.69) is 13.5 Å². The number of hydrogen-bond acceptors (Lipinski definition) is 4. The van der Waals surface area contributed by atoms with Gasteiger partial charge in [-0.2, -0.15) is 8.42 Å². The Morgan fingerprint density at radius 1 is 1.00 bits per heavy atom. The molecule has 140 valence electrons. The third kappa shape index (κ3) is 19.4. The van der Waals surface area contributed by atoms with Gasteiger partial charge in [-0.1, -0.05) is 72.3 Å². The molecule has 6 heteroatoms. The van der Waals surface area contributed by atoms with E-state index in [1.165, 1.54) is 38.5 Å². The van der Waals surface area contributed by atoms with E-state index in [-0.39, 0.29) is 12.2 Å². The van der Waals surface area contributed by atoms with Crippen molar-refractivity contribution in [1.82, 2.24) is 0 Å². The van der Waals surface area contributed by atoms with Crippen LogP contribution in [0.15, 0.2) is 12.3 Å². The highest BCUT2D eigenvalue weighted by Gasteiger charge is 2.20. The number of hydrogen-bond donors (Lipinski definition) is 2. The highest BCUT2D eigenvalue weighted by Crippen LogP contribution is 2.10. The maximum Gasteiger partial charge on any atom is 0.292 e. The van der Waals surface area contributed by atoms with E-state index >= 15 is 0 Å². The van der Waals surface area contributed by atoms with Gasteiger partial charge in [0.15, 0.2) is 5.44 Å². The zero-order chi connectivity index (χ0) is 18.1. The second-order valence-electron chi connectivity index (χ2n) is 5.62. The average Bonchev–Trinajstić information content (AvgIpc) is 2.48. The van der Waals surface area contributed by atoms with Crippen molar-refractivity contribution in [1.29, 1.82) is 0 Å². The van der Waals surface area contributed by atoms with Gasteiger partial charge in [0.05, 0.1) is 5.76 Å². The Hall–Kier alpha value is -0.590. The van der Waals surface area contributed by atoms with Crippen LogP contribution in [0.1, 0.15) is 85.0 Å². The Balaban J connectivity index is 0. The van der Waals surface area contributed by atoms with Crippen LogP contribution in [0.25, 0.3) is 0 Å². The minimum Gasteiger partial charge on any atom is -0.513 e. The van der Waals surface area contributed by atoms with Gasteiger partial charge in [0.25, 0.3) is 10.1 Å². The number of allylic oxidation sites excluding steroid dienone is 1. The number of aliphatic hydroxyl groups is 1. The summed E-state index contributed by atoms with van der Waals surface area (Å²) in [7, 11) is -4.04. The molecule has 0 saturated carbocycles. The quantitative estimate of drug-likeness (QED) is 0.269. The van der Waals surface area contributed by atoms with Gasteiger partial charge < -0.3 is 9.84 Å². The van der Waals surface area contributed by atoms with Crippen molar-refractivity contribution in [2.24, 2.45) is 0 Å². The van der Waals surface area contributed by atoms with Crippen LogP contribution in [-0.2, 0) is 14.9 Å². The molecule has 1 atom stereocenters. The highest BCUT2D eigenvalue weighted by molar-refractivity contribution is 7.86. The van der Waals surface area contributed by atoms with Gasteiger partial charge >= 0.3 is 0 Å². The molecule has 0 amide bonds. The molecule has 0 aromatic carbocycles. The molecule has 0 fully saturated rings. The van der Waals surface area contributed by atoms with Crippen molar-refractivity contribution in [3.8, 4) is 0 Å². The van der Waals surface area contributed by atoms with Gasteiger partial charge in [-0.05, 0) is 12.8 Å². The summed E-state index contributed by atoms with van der Waals surface area (Å²) in [5.41, 5.74) is -1.05. The fourth-order valence-electron chi connectivity index (χ4n) is 1.87. The van der Waals surface area contributed by atoms with Gasteiger partial charge in [-0.15, -0.1) is 0 Å². The lowest BCUT2D eigenvalue weighted by Crippen LogP contribution is -2.23. The van der Waals surface area contributed by atoms with Gasteiger partial charge in [-0.3, -0.25) is 4.55 Å². The molecule has 0 aliphatic rings. The molecule has 0 spiro atoms. The van der Waals surface area contributed by atoms with E-state index < -0.39 is 15.6 Å². The first-order valence-corrected chi connectivity index (χ1v) is 10.2. The predicted molar refractivity (Wildman–Crippen MR) is 96.2 cm³/mol. The summed E-state index contributed by atoms with van der Waals surface area (Å²) in [4.78, 5) is 0. The fraction of sp³-hybridized carbons (Fsp3) is 0.882. The van der Waals surface area contributed by atoms with Crippen LogP contribution >= 0.6 is 0 Å². The molecule has 0 radical (unpaired) electrons. The van der Waals surface area contributed by atoms with E-state index in [9.17, 15) is 8.42 Å². The van der Waals surface area contributed by atoms with Crippen molar-refractivity contribution in [2.75, 3.05) is 6.61 Å². The van der Waals surface area contributed by atoms with Crippen LogP contribution < -0.4 is 0 Å². The third-order valence-corrected chi connectivity index (χ3v) is 4.51. The molecular formula is C17H36O5S. The summed E-state index contributed by atoms with van der Waals surface area (Å²) in [5, 5.41) is 8.17. The molecule has 0 bridgehead atoms. The summed E-state index contributed by atoms with van der Waals surface area (Å²) < 4.78 is 35.7. The Morgan fingerprint density at radius 2 is 1.43 bits per heavy atom. The summed E-state index contributed by atoms with van der Waals surface area (Å²) in [6, 6.07) is 0. The van der Waals surface area contributed by atoms with Gasteiger partial charge in [0, 0.05) is 13.0 Å². The first kappa shape index (κ1) is 24.7. The van der Waals surface area contributed by atoms with Crippen LogP contribution in [0, 0.1) is 0 Å². The molecule has 0 aromatic heterocycles.